The predicted octanol–water partition coefficient (Wildman–Crippen LogP) is 8.56. The van der Waals surface area contributed by atoms with Crippen molar-refractivity contribution in [2.75, 3.05) is 6.61 Å². The highest BCUT2D eigenvalue weighted by Crippen LogP contribution is 2.46. The topological polar surface area (TPSA) is 36.9 Å². The first-order chi connectivity index (χ1) is 15.3. The molecule has 0 aromatic heterocycles. The molecule has 3 atom stereocenters. The van der Waals surface area contributed by atoms with Gasteiger partial charge in [-0.15, -0.1) is 0 Å². The van der Waals surface area contributed by atoms with Crippen molar-refractivity contribution in [3.63, 3.8) is 0 Å². The van der Waals surface area contributed by atoms with Crippen LogP contribution < -0.4 is 0 Å². The highest BCUT2D eigenvalue weighted by atomic mass is 28.4. The monoisotopic (exact) mass is 498 g/mol. The molecule has 0 aliphatic carbocycles. The van der Waals surface area contributed by atoms with Crippen LogP contribution in [0.5, 0.6) is 0 Å². The third kappa shape index (κ3) is 6.86. The van der Waals surface area contributed by atoms with E-state index in [9.17, 15) is 0 Å². The zero-order chi connectivity index (χ0) is 25.6. The maximum absolute atomic E-state index is 7.23. The van der Waals surface area contributed by atoms with E-state index in [4.69, 9.17) is 18.3 Å². The molecule has 0 N–H and O–H groups in total. The summed E-state index contributed by atoms with van der Waals surface area (Å²) in [5, 5.41) is 0. The van der Waals surface area contributed by atoms with E-state index in [0.29, 0.717) is 39.9 Å². The van der Waals surface area contributed by atoms with Crippen molar-refractivity contribution in [1.29, 1.82) is 0 Å². The quantitative estimate of drug-likeness (QED) is 0.145. The molecule has 1 fully saturated rings. The lowest BCUT2D eigenvalue weighted by Crippen LogP contribution is -2.56. The Hall–Kier alpha value is -0.366. The number of hydrogen-bond acceptors (Lipinski definition) is 4. The molecule has 0 bridgehead atoms. The second-order valence-corrected chi connectivity index (χ2v) is 22.6. The van der Waals surface area contributed by atoms with Crippen LogP contribution in [0.25, 0.3) is 0 Å². The first-order valence-corrected chi connectivity index (χ1v) is 17.5. The van der Waals surface area contributed by atoms with Crippen molar-refractivity contribution in [3.05, 3.63) is 18.6 Å². The summed E-state index contributed by atoms with van der Waals surface area (Å²) in [6.07, 6.45) is 2.84. The third-order valence-corrected chi connectivity index (χ3v) is 20.2. The summed E-state index contributed by atoms with van der Waals surface area (Å²) in [6, 6.07) is 0. The van der Waals surface area contributed by atoms with Gasteiger partial charge in [0.25, 0.3) is 0 Å². The van der Waals surface area contributed by atoms with Crippen molar-refractivity contribution >= 4 is 16.6 Å². The Morgan fingerprint density at radius 3 is 1.64 bits per heavy atom. The SMILES string of the molecule is C=C=CO[C@@H]1CC[C@H](O[Si](C(C)C)(C(C)C)C(C)C)[C@@H](CO[Si](C(C)C)(C(C)C)C(C)C)O1. The summed E-state index contributed by atoms with van der Waals surface area (Å²) >= 11 is 0. The summed E-state index contributed by atoms with van der Waals surface area (Å²) in [5.74, 6) is 0. The molecule has 0 spiro atoms. The standard InChI is InChI=1S/C27H54O4Si2/c1-14-17-28-27-16-15-25(31-33(22(8)9,23(10)11)24(12)13)26(30-27)18-29-32(19(2)3,20(4)5)21(6)7/h17,19-27H,1,15-16,18H2,2-13H3/t25-,26+,27-/m0/s1. The van der Waals surface area contributed by atoms with Crippen molar-refractivity contribution in [3.8, 4) is 0 Å². The van der Waals surface area contributed by atoms with E-state index in [1.54, 1.807) is 0 Å². The largest absolute Gasteiger partial charge is 0.464 e. The summed E-state index contributed by atoms with van der Waals surface area (Å²) < 4.78 is 26.5. The zero-order valence-electron chi connectivity index (χ0n) is 23.7. The molecule has 33 heavy (non-hydrogen) atoms. The van der Waals surface area contributed by atoms with E-state index in [-0.39, 0.29) is 18.5 Å². The van der Waals surface area contributed by atoms with Crippen LogP contribution in [0.1, 0.15) is 95.9 Å². The van der Waals surface area contributed by atoms with Gasteiger partial charge in [-0.05, 0) is 39.7 Å². The molecule has 1 heterocycles. The molecule has 0 saturated carbocycles. The van der Waals surface area contributed by atoms with E-state index in [2.05, 4.69) is 95.4 Å². The third-order valence-electron chi connectivity index (χ3n) is 8.00. The van der Waals surface area contributed by atoms with E-state index < -0.39 is 16.6 Å². The Balaban J connectivity index is 3.27. The molecule has 1 rings (SSSR count). The highest BCUT2D eigenvalue weighted by molar-refractivity contribution is 6.78. The Bertz CT molecular complexity index is 580. The molecular formula is C27H54O4Si2. The zero-order valence-corrected chi connectivity index (χ0v) is 25.7. The molecule has 194 valence electrons. The summed E-state index contributed by atoms with van der Waals surface area (Å²) in [7, 11) is -4.05. The Kier molecular flexibility index (Phi) is 12.2. The molecule has 0 aromatic rings. The highest BCUT2D eigenvalue weighted by Gasteiger charge is 2.50. The van der Waals surface area contributed by atoms with Crippen LogP contribution in [0.3, 0.4) is 0 Å². The Morgan fingerprint density at radius 1 is 0.788 bits per heavy atom. The van der Waals surface area contributed by atoms with Crippen molar-refractivity contribution in [2.45, 2.75) is 148 Å². The molecule has 4 nitrogen and oxygen atoms in total. The molecule has 1 aliphatic heterocycles. The second-order valence-electron chi connectivity index (χ2n) is 11.7. The Labute approximate surface area is 207 Å². The summed E-state index contributed by atoms with van der Waals surface area (Å²) in [5.41, 5.74) is 5.90. The van der Waals surface area contributed by atoms with Gasteiger partial charge >= 0.3 is 0 Å². The van der Waals surface area contributed by atoms with E-state index in [1.807, 2.05) is 0 Å². The molecule has 0 unspecified atom stereocenters. The molecular weight excluding hydrogens is 444 g/mol. The number of ether oxygens (including phenoxy) is 2. The van der Waals surface area contributed by atoms with Crippen LogP contribution in [-0.2, 0) is 18.3 Å². The molecule has 0 aromatic carbocycles. The van der Waals surface area contributed by atoms with Crippen molar-refractivity contribution < 1.29 is 18.3 Å². The van der Waals surface area contributed by atoms with Gasteiger partial charge < -0.3 is 18.3 Å². The van der Waals surface area contributed by atoms with E-state index in [1.165, 1.54) is 6.26 Å². The lowest BCUT2D eigenvalue weighted by atomic mass is 10.1. The van der Waals surface area contributed by atoms with Crippen molar-refractivity contribution in [2.24, 2.45) is 0 Å². The van der Waals surface area contributed by atoms with Gasteiger partial charge in [0.1, 0.15) is 12.4 Å². The Morgan fingerprint density at radius 2 is 1.24 bits per heavy atom. The lowest BCUT2D eigenvalue weighted by molar-refractivity contribution is -0.206. The minimum atomic E-state index is -2.04. The van der Waals surface area contributed by atoms with Gasteiger partial charge in [0.05, 0.1) is 12.7 Å². The number of hydrogen-bond donors (Lipinski definition) is 0. The van der Waals surface area contributed by atoms with Gasteiger partial charge in [-0.1, -0.05) is 95.4 Å². The summed E-state index contributed by atoms with van der Waals surface area (Å²) in [6.45, 7) is 32.2. The minimum absolute atomic E-state index is 0.0367. The van der Waals surface area contributed by atoms with E-state index >= 15 is 0 Å². The molecule has 6 heteroatoms. The fraction of sp³-hybridized carbons (Fsp3) is 0.889. The second kappa shape index (κ2) is 13.1. The van der Waals surface area contributed by atoms with Gasteiger partial charge in [-0.2, -0.15) is 0 Å². The van der Waals surface area contributed by atoms with Gasteiger partial charge in [-0.3, -0.25) is 0 Å². The normalized spacial score (nSPS) is 22.7. The van der Waals surface area contributed by atoms with Crippen LogP contribution in [0.15, 0.2) is 18.6 Å². The van der Waals surface area contributed by atoms with Gasteiger partial charge in [0.2, 0.25) is 8.32 Å². The average molecular weight is 499 g/mol. The minimum Gasteiger partial charge on any atom is -0.464 e. The van der Waals surface area contributed by atoms with E-state index in [0.717, 1.165) is 12.8 Å². The molecule has 1 aliphatic rings. The van der Waals surface area contributed by atoms with Gasteiger partial charge in [0, 0.05) is 6.42 Å². The first-order valence-electron chi connectivity index (χ1n) is 13.2. The first kappa shape index (κ1) is 30.7. The average Bonchev–Trinajstić information content (AvgIpc) is 2.70. The molecule has 0 amide bonds. The van der Waals surface area contributed by atoms with Crippen LogP contribution >= 0.6 is 0 Å². The molecule has 0 radical (unpaired) electrons. The maximum atomic E-state index is 7.23. The van der Waals surface area contributed by atoms with Crippen LogP contribution in [-0.4, -0.2) is 41.7 Å². The van der Waals surface area contributed by atoms with Crippen molar-refractivity contribution in [1.82, 2.24) is 0 Å². The van der Waals surface area contributed by atoms with Crippen LogP contribution in [0.2, 0.25) is 33.2 Å². The maximum Gasteiger partial charge on any atom is 0.200 e. The van der Waals surface area contributed by atoms with Gasteiger partial charge in [0.15, 0.2) is 14.6 Å². The fourth-order valence-corrected chi connectivity index (χ4v) is 17.8. The predicted molar refractivity (Wildman–Crippen MR) is 146 cm³/mol. The smallest absolute Gasteiger partial charge is 0.200 e. The summed E-state index contributed by atoms with van der Waals surface area (Å²) in [4.78, 5) is 0. The van der Waals surface area contributed by atoms with Crippen LogP contribution in [0.4, 0.5) is 0 Å². The molecule has 1 saturated heterocycles. The lowest BCUT2D eigenvalue weighted by Gasteiger charge is -2.49. The fourth-order valence-electron chi connectivity index (χ4n) is 6.74. The van der Waals surface area contributed by atoms with Crippen LogP contribution in [0, 0.1) is 0 Å². The van der Waals surface area contributed by atoms with Gasteiger partial charge in [-0.25, -0.2) is 0 Å². The number of rotatable bonds is 13.